The molecule has 21 heavy (non-hydrogen) atoms. The van der Waals surface area contributed by atoms with Crippen molar-refractivity contribution in [1.82, 2.24) is 24.4 Å². The molecular formula is C15H26N6. The first-order chi connectivity index (χ1) is 9.99. The van der Waals surface area contributed by atoms with Crippen LogP contribution in [0.15, 0.2) is 12.7 Å². The second-order valence-corrected chi connectivity index (χ2v) is 6.21. The quantitative estimate of drug-likeness (QED) is 0.846. The Morgan fingerprint density at radius 1 is 1.19 bits per heavy atom. The summed E-state index contributed by atoms with van der Waals surface area (Å²) in [4.78, 5) is 15.1. The molecule has 2 aromatic rings. The fourth-order valence-electron chi connectivity index (χ4n) is 2.54. The van der Waals surface area contributed by atoms with Crippen LogP contribution in [0.3, 0.4) is 0 Å². The number of hydrogen-bond acceptors (Lipinski definition) is 5. The highest BCUT2D eigenvalue weighted by molar-refractivity contribution is 5.80. The van der Waals surface area contributed by atoms with Crippen molar-refractivity contribution in [1.29, 1.82) is 0 Å². The number of aromatic nitrogens is 4. The van der Waals surface area contributed by atoms with E-state index in [4.69, 9.17) is 5.73 Å². The molecule has 6 heteroatoms. The first-order valence-corrected chi connectivity index (χ1v) is 7.64. The Morgan fingerprint density at radius 3 is 2.62 bits per heavy atom. The SMILES string of the molecule is CC(C)CN(CCCn1cnc2c(N)ncnc21)C(C)C. The van der Waals surface area contributed by atoms with Crippen molar-refractivity contribution < 1.29 is 0 Å². The van der Waals surface area contributed by atoms with Gasteiger partial charge in [0.15, 0.2) is 11.5 Å². The molecule has 0 saturated heterocycles. The molecule has 2 rings (SSSR count). The van der Waals surface area contributed by atoms with Crippen LogP contribution in [0, 0.1) is 5.92 Å². The van der Waals surface area contributed by atoms with Gasteiger partial charge in [-0.05, 0) is 26.2 Å². The highest BCUT2D eigenvalue weighted by atomic mass is 15.2. The summed E-state index contributed by atoms with van der Waals surface area (Å²) in [5.41, 5.74) is 7.32. The zero-order chi connectivity index (χ0) is 15.4. The van der Waals surface area contributed by atoms with Gasteiger partial charge in [0, 0.05) is 25.7 Å². The second kappa shape index (κ2) is 6.85. The minimum atomic E-state index is 0.447. The van der Waals surface area contributed by atoms with Crippen molar-refractivity contribution >= 4 is 17.0 Å². The van der Waals surface area contributed by atoms with Gasteiger partial charge in [0.2, 0.25) is 0 Å². The fraction of sp³-hybridized carbons (Fsp3) is 0.667. The predicted molar refractivity (Wildman–Crippen MR) is 85.9 cm³/mol. The third kappa shape index (κ3) is 3.91. The van der Waals surface area contributed by atoms with Gasteiger partial charge in [-0.25, -0.2) is 15.0 Å². The molecule has 2 heterocycles. The zero-order valence-electron chi connectivity index (χ0n) is 13.5. The van der Waals surface area contributed by atoms with Gasteiger partial charge in [0.25, 0.3) is 0 Å². The van der Waals surface area contributed by atoms with Crippen LogP contribution in [-0.4, -0.2) is 43.6 Å². The number of nitrogen functional groups attached to an aromatic ring is 1. The maximum atomic E-state index is 5.81. The number of anilines is 1. The zero-order valence-corrected chi connectivity index (χ0v) is 13.5. The van der Waals surface area contributed by atoms with E-state index in [1.807, 2.05) is 0 Å². The summed E-state index contributed by atoms with van der Waals surface area (Å²) >= 11 is 0. The van der Waals surface area contributed by atoms with Crippen LogP contribution in [0.4, 0.5) is 5.82 Å². The van der Waals surface area contributed by atoms with Crippen molar-refractivity contribution in [2.75, 3.05) is 18.8 Å². The Bertz CT molecular complexity index is 575. The average molecular weight is 290 g/mol. The maximum Gasteiger partial charge on any atom is 0.165 e. The Morgan fingerprint density at radius 2 is 1.95 bits per heavy atom. The van der Waals surface area contributed by atoms with Crippen molar-refractivity contribution in [3.05, 3.63) is 12.7 Å². The Hall–Kier alpha value is -1.69. The van der Waals surface area contributed by atoms with Crippen LogP contribution in [0.25, 0.3) is 11.2 Å². The van der Waals surface area contributed by atoms with Crippen LogP contribution in [0.5, 0.6) is 0 Å². The van der Waals surface area contributed by atoms with E-state index in [-0.39, 0.29) is 0 Å². The largest absolute Gasteiger partial charge is 0.382 e. The van der Waals surface area contributed by atoms with Crippen LogP contribution >= 0.6 is 0 Å². The number of hydrogen-bond donors (Lipinski definition) is 1. The summed E-state index contributed by atoms with van der Waals surface area (Å²) in [6, 6.07) is 0.574. The van der Waals surface area contributed by atoms with Gasteiger partial charge in [-0.2, -0.15) is 0 Å². The summed E-state index contributed by atoms with van der Waals surface area (Å²) in [5.74, 6) is 1.14. The summed E-state index contributed by atoms with van der Waals surface area (Å²) in [5, 5.41) is 0. The van der Waals surface area contributed by atoms with E-state index in [0.29, 0.717) is 23.3 Å². The van der Waals surface area contributed by atoms with Crippen molar-refractivity contribution in [2.45, 2.75) is 46.7 Å². The van der Waals surface area contributed by atoms with Crippen LogP contribution in [-0.2, 0) is 6.54 Å². The summed E-state index contributed by atoms with van der Waals surface area (Å²) in [6.07, 6.45) is 4.37. The lowest BCUT2D eigenvalue weighted by molar-refractivity contribution is 0.192. The predicted octanol–water partition coefficient (Wildman–Crippen LogP) is 2.17. The molecule has 0 aliphatic rings. The van der Waals surface area contributed by atoms with Crippen molar-refractivity contribution in [3.63, 3.8) is 0 Å². The first kappa shape index (κ1) is 15.7. The fourth-order valence-corrected chi connectivity index (χ4v) is 2.54. The maximum absolute atomic E-state index is 5.81. The molecule has 0 radical (unpaired) electrons. The third-order valence-electron chi connectivity index (χ3n) is 3.60. The smallest absolute Gasteiger partial charge is 0.165 e. The molecule has 2 N–H and O–H groups in total. The van der Waals surface area contributed by atoms with Gasteiger partial charge in [-0.1, -0.05) is 13.8 Å². The number of nitrogens with two attached hydrogens (primary N) is 1. The van der Waals surface area contributed by atoms with Gasteiger partial charge < -0.3 is 15.2 Å². The summed E-state index contributed by atoms with van der Waals surface area (Å²) in [6.45, 7) is 12.1. The molecule has 0 amide bonds. The lowest BCUT2D eigenvalue weighted by Crippen LogP contribution is -2.35. The standard InChI is InChI=1S/C15H26N6/c1-11(2)8-20(12(3)4)6-5-7-21-10-19-13-14(16)17-9-18-15(13)21/h9-12H,5-8H2,1-4H3,(H2,16,17,18). The normalized spacial score (nSPS) is 12.1. The molecule has 0 aromatic carbocycles. The first-order valence-electron chi connectivity index (χ1n) is 7.64. The summed E-state index contributed by atoms with van der Waals surface area (Å²) in [7, 11) is 0. The summed E-state index contributed by atoms with van der Waals surface area (Å²) < 4.78 is 2.06. The Labute approximate surface area is 126 Å². The molecule has 0 saturated carbocycles. The minimum Gasteiger partial charge on any atom is -0.382 e. The van der Waals surface area contributed by atoms with Gasteiger partial charge in [0.05, 0.1) is 6.33 Å². The minimum absolute atomic E-state index is 0.447. The molecule has 0 unspecified atom stereocenters. The van der Waals surface area contributed by atoms with E-state index >= 15 is 0 Å². The molecular weight excluding hydrogens is 264 g/mol. The van der Waals surface area contributed by atoms with Crippen LogP contribution in [0.2, 0.25) is 0 Å². The van der Waals surface area contributed by atoms with Gasteiger partial charge in [-0.15, -0.1) is 0 Å². The van der Waals surface area contributed by atoms with E-state index in [9.17, 15) is 0 Å². The lowest BCUT2D eigenvalue weighted by atomic mass is 10.1. The van der Waals surface area contributed by atoms with E-state index in [2.05, 4.69) is 52.1 Å². The number of nitrogens with zero attached hydrogens (tertiary/aromatic N) is 5. The third-order valence-corrected chi connectivity index (χ3v) is 3.60. The highest BCUT2D eigenvalue weighted by Crippen LogP contribution is 2.14. The number of imidazole rings is 1. The highest BCUT2D eigenvalue weighted by Gasteiger charge is 2.12. The Kier molecular flexibility index (Phi) is 5.12. The molecule has 116 valence electrons. The van der Waals surface area contributed by atoms with E-state index in [1.54, 1.807) is 6.33 Å². The monoisotopic (exact) mass is 290 g/mol. The number of rotatable bonds is 7. The number of aryl methyl sites for hydroxylation is 1. The van der Waals surface area contributed by atoms with Crippen LogP contribution < -0.4 is 5.73 Å². The Balaban J connectivity index is 1.97. The van der Waals surface area contributed by atoms with Crippen molar-refractivity contribution in [3.8, 4) is 0 Å². The van der Waals surface area contributed by atoms with Gasteiger partial charge >= 0.3 is 0 Å². The van der Waals surface area contributed by atoms with E-state index in [1.165, 1.54) is 6.33 Å². The van der Waals surface area contributed by atoms with Crippen LogP contribution in [0.1, 0.15) is 34.1 Å². The lowest BCUT2D eigenvalue weighted by Gasteiger charge is -2.28. The molecule has 6 nitrogen and oxygen atoms in total. The molecule has 0 aliphatic carbocycles. The van der Waals surface area contributed by atoms with E-state index < -0.39 is 0 Å². The number of fused-ring (bicyclic) bond motifs is 1. The molecule has 0 bridgehead atoms. The molecule has 0 aliphatic heterocycles. The molecule has 0 atom stereocenters. The van der Waals surface area contributed by atoms with Gasteiger partial charge in [0.1, 0.15) is 11.8 Å². The molecule has 0 fully saturated rings. The average Bonchev–Trinajstić information content (AvgIpc) is 2.82. The molecule has 0 spiro atoms. The molecule has 2 aromatic heterocycles. The topological polar surface area (TPSA) is 72.9 Å². The second-order valence-electron chi connectivity index (χ2n) is 6.21. The van der Waals surface area contributed by atoms with E-state index in [0.717, 1.165) is 31.7 Å². The van der Waals surface area contributed by atoms with Gasteiger partial charge in [-0.3, -0.25) is 0 Å². The van der Waals surface area contributed by atoms with Crippen molar-refractivity contribution in [2.24, 2.45) is 5.92 Å².